The molecule has 0 atom stereocenters. The molecule has 3 N–H and O–H groups in total. The fourth-order valence-electron chi connectivity index (χ4n) is 1.66. The molecule has 0 fully saturated rings. The summed E-state index contributed by atoms with van der Waals surface area (Å²) in [5.74, 6) is 0.700. The standard InChI is InChI=1S/C15H14ClN3OS/c16-13-7-3-1-6-12(13)10-20-14-8-4-2-5-11(14)9-18-19-15(17)21/h1-9H,10H2,(H3,17,19,21)/b18-9-. The Labute approximate surface area is 133 Å². The van der Waals surface area contributed by atoms with Gasteiger partial charge in [0.1, 0.15) is 12.4 Å². The lowest BCUT2D eigenvalue weighted by Crippen LogP contribution is -2.24. The van der Waals surface area contributed by atoms with Crippen LogP contribution in [0.4, 0.5) is 0 Å². The van der Waals surface area contributed by atoms with Crippen molar-refractivity contribution in [1.82, 2.24) is 5.43 Å². The first-order valence-electron chi connectivity index (χ1n) is 6.20. The Bertz CT molecular complexity index is 661. The van der Waals surface area contributed by atoms with Crippen LogP contribution in [0.1, 0.15) is 11.1 Å². The highest BCUT2D eigenvalue weighted by atomic mass is 35.5. The van der Waals surface area contributed by atoms with Gasteiger partial charge in [-0.3, -0.25) is 5.43 Å². The molecule has 2 aromatic rings. The van der Waals surface area contributed by atoms with E-state index in [2.05, 4.69) is 22.7 Å². The maximum atomic E-state index is 6.10. The van der Waals surface area contributed by atoms with E-state index in [1.165, 1.54) is 0 Å². The van der Waals surface area contributed by atoms with Gasteiger partial charge in [-0.2, -0.15) is 5.10 Å². The topological polar surface area (TPSA) is 59.6 Å². The summed E-state index contributed by atoms with van der Waals surface area (Å²) in [6, 6.07) is 15.1. The molecule has 0 radical (unpaired) electrons. The molecular formula is C15H14ClN3OS. The second-order valence-electron chi connectivity index (χ2n) is 4.15. The van der Waals surface area contributed by atoms with Crippen molar-refractivity contribution in [2.75, 3.05) is 0 Å². The highest BCUT2D eigenvalue weighted by molar-refractivity contribution is 7.80. The maximum absolute atomic E-state index is 6.10. The number of hydrazone groups is 1. The van der Waals surface area contributed by atoms with Crippen LogP contribution in [-0.4, -0.2) is 11.3 Å². The normalized spacial score (nSPS) is 10.5. The van der Waals surface area contributed by atoms with Crippen LogP contribution in [0.15, 0.2) is 53.6 Å². The molecule has 0 amide bonds. The first kappa shape index (κ1) is 15.3. The quantitative estimate of drug-likeness (QED) is 0.505. The highest BCUT2D eigenvalue weighted by Gasteiger charge is 2.03. The molecule has 6 heteroatoms. The van der Waals surface area contributed by atoms with E-state index in [-0.39, 0.29) is 5.11 Å². The number of thiocarbonyl (C=S) groups is 1. The van der Waals surface area contributed by atoms with Gasteiger partial charge in [0.15, 0.2) is 5.11 Å². The number of halogens is 1. The number of benzene rings is 2. The first-order valence-corrected chi connectivity index (χ1v) is 6.99. The Hall–Kier alpha value is -2.11. The van der Waals surface area contributed by atoms with Gasteiger partial charge in [-0.1, -0.05) is 41.9 Å². The van der Waals surface area contributed by atoms with E-state index >= 15 is 0 Å². The van der Waals surface area contributed by atoms with Crippen LogP contribution < -0.4 is 15.9 Å². The number of nitrogens with two attached hydrogens (primary N) is 1. The molecule has 0 bridgehead atoms. The molecule has 2 aromatic carbocycles. The van der Waals surface area contributed by atoms with Crippen molar-refractivity contribution in [2.24, 2.45) is 10.8 Å². The van der Waals surface area contributed by atoms with E-state index < -0.39 is 0 Å². The van der Waals surface area contributed by atoms with Gasteiger partial charge in [0, 0.05) is 16.1 Å². The summed E-state index contributed by atoms with van der Waals surface area (Å²) in [5, 5.41) is 4.72. The maximum Gasteiger partial charge on any atom is 0.184 e. The van der Waals surface area contributed by atoms with Gasteiger partial charge >= 0.3 is 0 Å². The number of hydrogen-bond acceptors (Lipinski definition) is 3. The Morgan fingerprint density at radius 3 is 2.71 bits per heavy atom. The van der Waals surface area contributed by atoms with E-state index in [0.717, 1.165) is 11.1 Å². The number of ether oxygens (including phenoxy) is 1. The molecule has 108 valence electrons. The molecule has 0 aliphatic carbocycles. The van der Waals surface area contributed by atoms with Crippen molar-refractivity contribution in [3.63, 3.8) is 0 Å². The van der Waals surface area contributed by atoms with Gasteiger partial charge < -0.3 is 10.5 Å². The summed E-state index contributed by atoms with van der Waals surface area (Å²) in [6.45, 7) is 0.382. The highest BCUT2D eigenvalue weighted by Crippen LogP contribution is 2.20. The first-order chi connectivity index (χ1) is 10.2. The molecule has 0 aromatic heterocycles. The van der Waals surface area contributed by atoms with Gasteiger partial charge in [-0.15, -0.1) is 0 Å². The van der Waals surface area contributed by atoms with Gasteiger partial charge in [0.2, 0.25) is 0 Å². The van der Waals surface area contributed by atoms with Crippen molar-refractivity contribution < 1.29 is 4.74 Å². The zero-order valence-corrected chi connectivity index (χ0v) is 12.7. The monoisotopic (exact) mass is 319 g/mol. The van der Waals surface area contributed by atoms with Crippen LogP contribution in [0.5, 0.6) is 5.75 Å². The fourth-order valence-corrected chi connectivity index (χ4v) is 1.90. The number of nitrogens with one attached hydrogen (secondary N) is 1. The number of hydrogen-bond donors (Lipinski definition) is 2. The van der Waals surface area contributed by atoms with Gasteiger partial charge in [-0.05, 0) is 30.4 Å². The lowest BCUT2D eigenvalue weighted by Gasteiger charge is -2.10. The average Bonchev–Trinajstić information content (AvgIpc) is 2.47. The van der Waals surface area contributed by atoms with Crippen LogP contribution in [0, 0.1) is 0 Å². The lowest BCUT2D eigenvalue weighted by atomic mass is 10.2. The molecular weight excluding hydrogens is 306 g/mol. The van der Waals surface area contributed by atoms with Crippen LogP contribution >= 0.6 is 23.8 Å². The molecule has 0 saturated carbocycles. The minimum absolute atomic E-state index is 0.112. The van der Waals surface area contributed by atoms with Gasteiger partial charge in [-0.25, -0.2) is 0 Å². The third kappa shape index (κ3) is 4.73. The molecule has 0 heterocycles. The summed E-state index contributed by atoms with van der Waals surface area (Å²) >= 11 is 10.8. The Morgan fingerprint density at radius 1 is 1.24 bits per heavy atom. The van der Waals surface area contributed by atoms with Gasteiger partial charge in [0.25, 0.3) is 0 Å². The molecule has 4 nitrogen and oxygen atoms in total. The second-order valence-corrected chi connectivity index (χ2v) is 5.00. The second kappa shape index (κ2) is 7.61. The summed E-state index contributed by atoms with van der Waals surface area (Å²) in [4.78, 5) is 0. The van der Waals surface area contributed by atoms with Crippen LogP contribution in [0.2, 0.25) is 5.02 Å². The molecule has 0 saturated heterocycles. The predicted molar refractivity (Wildman–Crippen MR) is 89.7 cm³/mol. The van der Waals surface area contributed by atoms with Crippen molar-refractivity contribution in [3.05, 3.63) is 64.7 Å². The zero-order valence-electron chi connectivity index (χ0n) is 11.1. The van der Waals surface area contributed by atoms with E-state index in [4.69, 9.17) is 22.1 Å². The summed E-state index contributed by atoms with van der Waals surface area (Å²) in [5.41, 5.74) is 9.55. The van der Waals surface area contributed by atoms with Crippen molar-refractivity contribution in [2.45, 2.75) is 6.61 Å². The van der Waals surface area contributed by atoms with Crippen LogP contribution in [-0.2, 0) is 6.61 Å². The number of para-hydroxylation sites is 1. The summed E-state index contributed by atoms with van der Waals surface area (Å²) < 4.78 is 5.79. The summed E-state index contributed by atoms with van der Waals surface area (Å²) in [6.07, 6.45) is 1.60. The van der Waals surface area contributed by atoms with E-state index in [9.17, 15) is 0 Å². The predicted octanol–water partition coefficient (Wildman–Crippen LogP) is 3.09. The van der Waals surface area contributed by atoms with E-state index in [1.54, 1.807) is 6.21 Å². The number of nitrogens with zero attached hydrogens (tertiary/aromatic N) is 1. The van der Waals surface area contributed by atoms with Crippen molar-refractivity contribution in [1.29, 1.82) is 0 Å². The Morgan fingerprint density at radius 2 is 1.95 bits per heavy atom. The van der Waals surface area contributed by atoms with Crippen LogP contribution in [0.25, 0.3) is 0 Å². The van der Waals surface area contributed by atoms with E-state index in [0.29, 0.717) is 17.4 Å². The van der Waals surface area contributed by atoms with Gasteiger partial charge in [0.05, 0.1) is 6.21 Å². The zero-order chi connectivity index (χ0) is 15.1. The average molecular weight is 320 g/mol. The summed E-state index contributed by atoms with van der Waals surface area (Å²) in [7, 11) is 0. The molecule has 21 heavy (non-hydrogen) atoms. The molecule has 0 aliphatic heterocycles. The van der Waals surface area contributed by atoms with Crippen LogP contribution in [0.3, 0.4) is 0 Å². The van der Waals surface area contributed by atoms with Crippen molar-refractivity contribution in [3.8, 4) is 5.75 Å². The lowest BCUT2D eigenvalue weighted by molar-refractivity contribution is 0.306. The Balaban J connectivity index is 2.08. The molecule has 2 rings (SSSR count). The molecule has 0 aliphatic rings. The minimum atomic E-state index is 0.112. The van der Waals surface area contributed by atoms with E-state index in [1.807, 2.05) is 48.5 Å². The fraction of sp³-hybridized carbons (Fsp3) is 0.0667. The number of rotatable bonds is 5. The SMILES string of the molecule is NC(=S)N/N=C\c1ccccc1OCc1ccccc1Cl. The third-order valence-electron chi connectivity index (χ3n) is 2.64. The smallest absolute Gasteiger partial charge is 0.184 e. The minimum Gasteiger partial charge on any atom is -0.488 e. The Kier molecular flexibility index (Phi) is 5.54. The molecule has 0 spiro atoms. The van der Waals surface area contributed by atoms with Crippen molar-refractivity contribution >= 4 is 35.1 Å². The third-order valence-corrected chi connectivity index (χ3v) is 3.10. The largest absolute Gasteiger partial charge is 0.488 e. The molecule has 0 unspecified atom stereocenters.